The summed E-state index contributed by atoms with van der Waals surface area (Å²) in [5, 5.41) is 13.7. The van der Waals surface area contributed by atoms with Gasteiger partial charge in [0.2, 0.25) is 5.96 Å². The third kappa shape index (κ3) is 6.92. The molecule has 10 heteroatoms. The summed E-state index contributed by atoms with van der Waals surface area (Å²) in [6.45, 7) is 5.28. The number of aliphatic imine (C=N–C) groups is 1. The lowest BCUT2D eigenvalue weighted by atomic mass is 9.96. The second-order valence-electron chi connectivity index (χ2n) is 10.6. The lowest BCUT2D eigenvalue weighted by Crippen LogP contribution is -2.49. The van der Waals surface area contributed by atoms with Gasteiger partial charge in [0.05, 0.1) is 17.2 Å². The van der Waals surface area contributed by atoms with Crippen LogP contribution in [0.1, 0.15) is 11.8 Å². The number of esters is 1. The first kappa shape index (κ1) is 30.1. The van der Waals surface area contributed by atoms with Gasteiger partial charge in [0.25, 0.3) is 0 Å². The predicted molar refractivity (Wildman–Crippen MR) is 180 cm³/mol. The molecule has 5 aromatic rings. The van der Waals surface area contributed by atoms with E-state index in [0.717, 1.165) is 58.8 Å². The van der Waals surface area contributed by atoms with Crippen molar-refractivity contribution in [3.05, 3.63) is 102 Å². The van der Waals surface area contributed by atoms with Crippen LogP contribution in [0.2, 0.25) is 0 Å². The number of likely N-dealkylation sites (N-methyl/N-ethyl adjacent to an activating group) is 1. The number of benzene rings is 3. The van der Waals surface area contributed by atoms with Gasteiger partial charge in [-0.1, -0.05) is 60.7 Å². The third-order valence-electron chi connectivity index (χ3n) is 7.51. The lowest BCUT2D eigenvalue weighted by Gasteiger charge is -2.34. The topological polar surface area (TPSA) is 82.9 Å². The Balaban J connectivity index is 1.62. The summed E-state index contributed by atoms with van der Waals surface area (Å²) in [5.41, 5.74) is 4.91. The van der Waals surface area contributed by atoms with Gasteiger partial charge in [0.1, 0.15) is 16.3 Å². The standard InChI is InChI=1S/C35H33FN6O2S/c1-3-44-29(43)19-18-28-33(38-35(42-22-20-41(2)21-23-42)37-27-16-14-26(36)15-17-27)31-30(24-10-6-4-7-11-24)32(39-40-34(31)45-28)25-12-8-5-9-13-25/h4-19H,3,20-23H2,1-2H3,(H,37,38)/b19-18+. The molecule has 0 radical (unpaired) electrons. The van der Waals surface area contributed by atoms with Crippen LogP contribution in [-0.2, 0) is 9.53 Å². The number of nitrogens with zero attached hydrogens (tertiary/aromatic N) is 5. The molecule has 0 saturated carbocycles. The monoisotopic (exact) mass is 620 g/mol. The maximum Gasteiger partial charge on any atom is 0.330 e. The number of hydrogen-bond donors (Lipinski definition) is 1. The fourth-order valence-electron chi connectivity index (χ4n) is 5.19. The third-order valence-corrected chi connectivity index (χ3v) is 8.53. The zero-order valence-electron chi connectivity index (χ0n) is 25.1. The van der Waals surface area contributed by atoms with Gasteiger partial charge in [-0.25, -0.2) is 14.2 Å². The molecule has 1 saturated heterocycles. The van der Waals surface area contributed by atoms with Crippen LogP contribution in [0, 0.1) is 5.82 Å². The Morgan fingerprint density at radius 3 is 2.29 bits per heavy atom. The molecule has 0 unspecified atom stereocenters. The van der Waals surface area contributed by atoms with E-state index in [1.54, 1.807) is 25.1 Å². The summed E-state index contributed by atoms with van der Waals surface area (Å²) < 4.78 is 19.0. The Hall–Kier alpha value is -4.93. The van der Waals surface area contributed by atoms with Gasteiger partial charge in [-0.3, -0.25) is 0 Å². The van der Waals surface area contributed by atoms with Gasteiger partial charge >= 0.3 is 5.97 Å². The lowest BCUT2D eigenvalue weighted by molar-refractivity contribution is -0.137. The van der Waals surface area contributed by atoms with E-state index < -0.39 is 5.97 Å². The molecule has 1 aliphatic heterocycles. The van der Waals surface area contributed by atoms with Crippen molar-refractivity contribution < 1.29 is 13.9 Å². The number of nitrogens with one attached hydrogen (secondary N) is 1. The smallest absolute Gasteiger partial charge is 0.330 e. The summed E-state index contributed by atoms with van der Waals surface area (Å²) in [7, 11) is 2.10. The molecule has 0 amide bonds. The number of piperazine rings is 1. The Kier molecular flexibility index (Phi) is 9.23. The van der Waals surface area contributed by atoms with Crippen LogP contribution in [0.4, 0.5) is 15.8 Å². The zero-order valence-corrected chi connectivity index (χ0v) is 25.9. The largest absolute Gasteiger partial charge is 0.463 e. The number of ether oxygens (including phenoxy) is 1. The zero-order chi connectivity index (χ0) is 31.2. The van der Waals surface area contributed by atoms with Gasteiger partial charge in [0.15, 0.2) is 0 Å². The van der Waals surface area contributed by atoms with Gasteiger partial charge < -0.3 is 19.9 Å². The van der Waals surface area contributed by atoms with Crippen molar-refractivity contribution >= 4 is 50.9 Å². The SMILES string of the molecule is CCOC(=O)/C=C/c1sc2nnc(-c3ccccc3)c(-c3ccccc3)c2c1N=C(Nc1ccc(F)cc1)N1CCN(C)CC1. The van der Waals surface area contributed by atoms with Crippen molar-refractivity contribution in [1.82, 2.24) is 20.0 Å². The molecule has 1 fully saturated rings. The first-order chi connectivity index (χ1) is 22.0. The Bertz CT molecular complexity index is 1830. The number of anilines is 1. The molecule has 1 N–H and O–H groups in total. The Labute approximate surface area is 265 Å². The van der Waals surface area contributed by atoms with Gasteiger partial charge in [-0.2, -0.15) is 0 Å². The summed E-state index contributed by atoms with van der Waals surface area (Å²) in [4.78, 5) is 23.6. The Morgan fingerprint density at radius 2 is 1.62 bits per heavy atom. The molecule has 228 valence electrons. The number of aromatic nitrogens is 2. The van der Waals surface area contributed by atoms with Gasteiger partial charge in [0, 0.05) is 54.5 Å². The maximum absolute atomic E-state index is 13.8. The number of carbonyl (C=O) groups is 1. The first-order valence-electron chi connectivity index (χ1n) is 14.8. The normalized spacial score (nSPS) is 14.3. The molecule has 2 aromatic heterocycles. The molecule has 6 rings (SSSR count). The maximum atomic E-state index is 13.8. The minimum absolute atomic E-state index is 0.278. The number of thiophene rings is 1. The predicted octanol–water partition coefficient (Wildman–Crippen LogP) is 7.09. The molecule has 0 bridgehead atoms. The van der Waals surface area contributed by atoms with Crippen molar-refractivity contribution in [2.45, 2.75) is 6.92 Å². The van der Waals surface area contributed by atoms with E-state index in [1.807, 2.05) is 48.5 Å². The van der Waals surface area contributed by atoms with Crippen LogP contribution < -0.4 is 5.32 Å². The minimum atomic E-state index is -0.437. The number of halogens is 1. The highest BCUT2D eigenvalue weighted by atomic mass is 32.1. The first-order valence-corrected chi connectivity index (χ1v) is 15.7. The van der Waals surface area contributed by atoms with E-state index in [4.69, 9.17) is 14.8 Å². The Morgan fingerprint density at radius 1 is 0.956 bits per heavy atom. The molecule has 3 heterocycles. The minimum Gasteiger partial charge on any atom is -0.463 e. The van der Waals surface area contributed by atoms with E-state index in [0.29, 0.717) is 22.2 Å². The average molecular weight is 621 g/mol. The van der Waals surface area contributed by atoms with E-state index >= 15 is 0 Å². The van der Waals surface area contributed by atoms with E-state index in [1.165, 1.54) is 29.5 Å². The van der Waals surface area contributed by atoms with Crippen LogP contribution in [0.25, 0.3) is 38.7 Å². The summed E-state index contributed by atoms with van der Waals surface area (Å²) in [6, 6.07) is 26.3. The number of hydrogen-bond acceptors (Lipinski definition) is 7. The van der Waals surface area contributed by atoms with Crippen molar-refractivity contribution in [1.29, 1.82) is 0 Å². The van der Waals surface area contributed by atoms with Crippen molar-refractivity contribution in [2.24, 2.45) is 4.99 Å². The van der Waals surface area contributed by atoms with Crippen LogP contribution in [0.5, 0.6) is 0 Å². The van der Waals surface area contributed by atoms with Crippen molar-refractivity contribution in [3.63, 3.8) is 0 Å². The molecule has 3 aromatic carbocycles. The summed E-state index contributed by atoms with van der Waals surface area (Å²) in [5.74, 6) is -0.126. The van der Waals surface area contributed by atoms with Crippen molar-refractivity contribution in [2.75, 3.05) is 45.2 Å². The number of guanidine groups is 1. The number of carbonyl (C=O) groups excluding carboxylic acids is 1. The van der Waals surface area contributed by atoms with E-state index in [2.05, 4.69) is 39.4 Å². The van der Waals surface area contributed by atoms with Crippen molar-refractivity contribution in [3.8, 4) is 22.4 Å². The molecule has 0 spiro atoms. The molecular formula is C35H33FN6O2S. The summed E-state index contributed by atoms with van der Waals surface area (Å²) >= 11 is 1.41. The highest BCUT2D eigenvalue weighted by Gasteiger charge is 2.24. The van der Waals surface area contributed by atoms with Gasteiger partial charge in [-0.05, 0) is 49.9 Å². The number of rotatable bonds is 7. The second kappa shape index (κ2) is 13.8. The summed E-state index contributed by atoms with van der Waals surface area (Å²) in [6.07, 6.45) is 3.16. The quantitative estimate of drug-likeness (QED) is 0.0901. The molecular weight excluding hydrogens is 587 g/mol. The highest BCUT2D eigenvalue weighted by Crippen LogP contribution is 2.46. The highest BCUT2D eigenvalue weighted by molar-refractivity contribution is 7.20. The van der Waals surface area contributed by atoms with Crippen LogP contribution in [-0.4, -0.2) is 71.8 Å². The molecule has 45 heavy (non-hydrogen) atoms. The fourth-order valence-corrected chi connectivity index (χ4v) is 6.17. The van der Waals surface area contributed by atoms with Gasteiger partial charge in [-0.15, -0.1) is 21.5 Å². The average Bonchev–Trinajstić information content (AvgIpc) is 3.42. The molecule has 8 nitrogen and oxygen atoms in total. The molecule has 0 atom stereocenters. The molecule has 1 aliphatic rings. The van der Waals surface area contributed by atoms with Crippen LogP contribution in [0.15, 0.2) is 96.0 Å². The van der Waals surface area contributed by atoms with E-state index in [9.17, 15) is 9.18 Å². The second-order valence-corrected chi connectivity index (χ2v) is 11.6. The van der Waals surface area contributed by atoms with Crippen LogP contribution >= 0.6 is 11.3 Å². The number of fused-ring (bicyclic) bond motifs is 1. The van der Waals surface area contributed by atoms with Crippen LogP contribution in [0.3, 0.4) is 0 Å². The molecule has 0 aliphatic carbocycles. The van der Waals surface area contributed by atoms with E-state index in [-0.39, 0.29) is 12.4 Å². The fraction of sp³-hybridized carbons (Fsp3) is 0.200.